The van der Waals surface area contributed by atoms with Crippen molar-refractivity contribution >= 4 is 15.8 Å². The number of aliphatic carboxylic acids is 1. The minimum Gasteiger partial charge on any atom is -0.480 e. The molecule has 0 aliphatic rings. The summed E-state index contributed by atoms with van der Waals surface area (Å²) in [5.74, 6) is -0.612. The number of rotatable bonds is 9. The number of carbonyl (C=O) groups is 1. The van der Waals surface area contributed by atoms with Gasteiger partial charge in [-0.05, 0) is 19.4 Å². The third-order valence-electron chi connectivity index (χ3n) is 2.34. The summed E-state index contributed by atoms with van der Waals surface area (Å²) < 4.78 is 22.3. The van der Waals surface area contributed by atoms with E-state index in [0.717, 1.165) is 6.42 Å². The average molecular weight is 251 g/mol. The maximum Gasteiger partial charge on any atom is 0.320 e. The van der Waals surface area contributed by atoms with Crippen LogP contribution in [-0.2, 0) is 14.6 Å². The average Bonchev–Trinajstić information content (AvgIpc) is 2.22. The Balaban J connectivity index is 3.83. The van der Waals surface area contributed by atoms with E-state index in [-0.39, 0.29) is 11.5 Å². The van der Waals surface area contributed by atoms with Gasteiger partial charge in [-0.1, -0.05) is 20.3 Å². The van der Waals surface area contributed by atoms with Gasteiger partial charge in [-0.2, -0.15) is 0 Å². The van der Waals surface area contributed by atoms with Crippen LogP contribution < -0.4 is 5.32 Å². The monoisotopic (exact) mass is 251 g/mol. The lowest BCUT2D eigenvalue weighted by Crippen LogP contribution is -2.37. The van der Waals surface area contributed by atoms with E-state index < -0.39 is 21.8 Å². The molecule has 0 saturated carbocycles. The van der Waals surface area contributed by atoms with Crippen molar-refractivity contribution in [3.8, 4) is 0 Å². The van der Waals surface area contributed by atoms with Gasteiger partial charge in [0.15, 0.2) is 0 Å². The molecule has 0 fully saturated rings. The van der Waals surface area contributed by atoms with Gasteiger partial charge in [-0.25, -0.2) is 8.42 Å². The first-order valence-corrected chi connectivity index (χ1v) is 7.41. The minimum atomic E-state index is -2.94. The molecule has 6 heteroatoms. The van der Waals surface area contributed by atoms with Crippen LogP contribution in [0, 0.1) is 0 Å². The van der Waals surface area contributed by atoms with Crippen LogP contribution in [0.1, 0.15) is 33.1 Å². The van der Waals surface area contributed by atoms with Crippen molar-refractivity contribution in [2.45, 2.75) is 39.2 Å². The van der Waals surface area contributed by atoms with Gasteiger partial charge >= 0.3 is 5.97 Å². The van der Waals surface area contributed by atoms with Crippen LogP contribution in [0.3, 0.4) is 0 Å². The Kier molecular flexibility index (Phi) is 7.33. The summed E-state index contributed by atoms with van der Waals surface area (Å²) in [4.78, 5) is 10.8. The van der Waals surface area contributed by atoms with E-state index in [0.29, 0.717) is 19.4 Å². The Hall–Kier alpha value is -0.620. The number of hydrogen-bond acceptors (Lipinski definition) is 4. The summed E-state index contributed by atoms with van der Waals surface area (Å²) >= 11 is 0. The second-order valence-electron chi connectivity index (χ2n) is 3.72. The van der Waals surface area contributed by atoms with Gasteiger partial charge in [0.25, 0.3) is 0 Å². The van der Waals surface area contributed by atoms with Crippen LogP contribution in [0.2, 0.25) is 0 Å². The SMILES string of the molecule is CCCC(NCCCS(=O)(=O)CC)C(=O)O. The fourth-order valence-electron chi connectivity index (χ4n) is 1.31. The van der Waals surface area contributed by atoms with Crippen LogP contribution in [0.15, 0.2) is 0 Å². The molecular formula is C10H21NO4S. The fraction of sp³-hybridized carbons (Fsp3) is 0.900. The summed E-state index contributed by atoms with van der Waals surface area (Å²) in [6.07, 6.45) is 1.82. The molecule has 16 heavy (non-hydrogen) atoms. The van der Waals surface area contributed by atoms with E-state index in [1.807, 2.05) is 6.92 Å². The maximum atomic E-state index is 11.2. The van der Waals surface area contributed by atoms with Gasteiger partial charge in [0.1, 0.15) is 15.9 Å². The van der Waals surface area contributed by atoms with E-state index in [1.54, 1.807) is 6.92 Å². The molecule has 0 saturated heterocycles. The number of nitrogens with one attached hydrogen (secondary N) is 1. The zero-order valence-corrected chi connectivity index (χ0v) is 10.7. The molecule has 5 nitrogen and oxygen atoms in total. The first-order chi connectivity index (χ1) is 7.43. The summed E-state index contributed by atoms with van der Waals surface area (Å²) in [7, 11) is -2.94. The van der Waals surface area contributed by atoms with Crippen molar-refractivity contribution in [2.24, 2.45) is 0 Å². The van der Waals surface area contributed by atoms with Crippen LogP contribution in [0.4, 0.5) is 0 Å². The van der Waals surface area contributed by atoms with E-state index in [9.17, 15) is 13.2 Å². The van der Waals surface area contributed by atoms with E-state index in [2.05, 4.69) is 5.32 Å². The molecule has 0 spiro atoms. The molecule has 0 aromatic heterocycles. The maximum absolute atomic E-state index is 11.2. The third kappa shape index (κ3) is 6.79. The molecule has 0 aliphatic heterocycles. The highest BCUT2D eigenvalue weighted by Gasteiger charge is 2.15. The molecule has 96 valence electrons. The summed E-state index contributed by atoms with van der Waals surface area (Å²) in [5, 5.41) is 11.7. The van der Waals surface area contributed by atoms with Crippen molar-refractivity contribution in [1.82, 2.24) is 5.32 Å². The highest BCUT2D eigenvalue weighted by atomic mass is 32.2. The number of carboxylic acids is 1. The molecule has 0 rings (SSSR count). The lowest BCUT2D eigenvalue weighted by atomic mass is 10.1. The second kappa shape index (κ2) is 7.62. The van der Waals surface area contributed by atoms with E-state index in [4.69, 9.17) is 5.11 Å². The van der Waals surface area contributed by atoms with Gasteiger partial charge in [-0.15, -0.1) is 0 Å². The Morgan fingerprint density at radius 3 is 2.44 bits per heavy atom. The van der Waals surface area contributed by atoms with Gasteiger partial charge < -0.3 is 10.4 Å². The Labute approximate surface area is 97.2 Å². The Morgan fingerprint density at radius 2 is 2.00 bits per heavy atom. The van der Waals surface area contributed by atoms with Crippen molar-refractivity contribution in [3.63, 3.8) is 0 Å². The molecule has 0 aromatic carbocycles. The Bertz CT molecular complexity index is 300. The number of carboxylic acid groups (broad SMARTS) is 1. The molecule has 0 heterocycles. The summed E-state index contributed by atoms with van der Waals surface area (Å²) in [6, 6.07) is -0.561. The number of sulfone groups is 1. The fourth-order valence-corrected chi connectivity index (χ4v) is 2.19. The van der Waals surface area contributed by atoms with Crippen molar-refractivity contribution in [1.29, 1.82) is 0 Å². The zero-order chi connectivity index (χ0) is 12.6. The van der Waals surface area contributed by atoms with Crippen LogP contribution in [-0.4, -0.2) is 43.6 Å². The van der Waals surface area contributed by atoms with Gasteiger partial charge in [0.05, 0.1) is 5.75 Å². The van der Waals surface area contributed by atoms with Crippen molar-refractivity contribution in [2.75, 3.05) is 18.1 Å². The summed E-state index contributed by atoms with van der Waals surface area (Å²) in [5.41, 5.74) is 0. The van der Waals surface area contributed by atoms with Crippen LogP contribution in [0.5, 0.6) is 0 Å². The van der Waals surface area contributed by atoms with Crippen molar-refractivity contribution in [3.05, 3.63) is 0 Å². The predicted octanol–water partition coefficient (Wildman–Crippen LogP) is 0.654. The van der Waals surface area contributed by atoms with Crippen molar-refractivity contribution < 1.29 is 18.3 Å². The zero-order valence-electron chi connectivity index (χ0n) is 9.90. The van der Waals surface area contributed by atoms with E-state index >= 15 is 0 Å². The Morgan fingerprint density at radius 1 is 1.38 bits per heavy atom. The van der Waals surface area contributed by atoms with Crippen LogP contribution >= 0.6 is 0 Å². The first kappa shape index (κ1) is 15.4. The first-order valence-electron chi connectivity index (χ1n) is 5.59. The van der Waals surface area contributed by atoms with E-state index in [1.165, 1.54) is 0 Å². The van der Waals surface area contributed by atoms with Gasteiger partial charge in [-0.3, -0.25) is 4.79 Å². The molecule has 1 atom stereocenters. The number of hydrogen-bond donors (Lipinski definition) is 2. The molecule has 0 amide bonds. The summed E-state index contributed by atoms with van der Waals surface area (Å²) in [6.45, 7) is 3.95. The third-order valence-corrected chi connectivity index (χ3v) is 4.13. The van der Waals surface area contributed by atoms with Gasteiger partial charge in [0, 0.05) is 5.75 Å². The smallest absolute Gasteiger partial charge is 0.320 e. The molecule has 0 aromatic rings. The standard InChI is InChI=1S/C10H21NO4S/c1-3-6-9(10(12)13)11-7-5-8-16(14,15)4-2/h9,11H,3-8H2,1-2H3,(H,12,13). The lowest BCUT2D eigenvalue weighted by Gasteiger charge is -2.12. The predicted molar refractivity (Wildman–Crippen MR) is 63.3 cm³/mol. The lowest BCUT2D eigenvalue weighted by molar-refractivity contribution is -0.139. The highest BCUT2D eigenvalue weighted by molar-refractivity contribution is 7.91. The molecule has 2 N–H and O–H groups in total. The largest absolute Gasteiger partial charge is 0.480 e. The van der Waals surface area contributed by atoms with Gasteiger partial charge in [0.2, 0.25) is 0 Å². The molecular weight excluding hydrogens is 230 g/mol. The quantitative estimate of drug-likeness (QED) is 0.588. The normalized spacial score (nSPS) is 13.6. The second-order valence-corrected chi connectivity index (χ2v) is 6.20. The highest BCUT2D eigenvalue weighted by Crippen LogP contribution is 1.98. The molecule has 0 bridgehead atoms. The topological polar surface area (TPSA) is 83.5 Å². The van der Waals surface area contributed by atoms with Crippen LogP contribution in [0.25, 0.3) is 0 Å². The minimum absolute atomic E-state index is 0.120. The molecule has 0 aliphatic carbocycles. The molecule has 1 unspecified atom stereocenters. The molecule has 0 radical (unpaired) electrons.